The van der Waals surface area contributed by atoms with Gasteiger partial charge in [0.1, 0.15) is 0 Å². The van der Waals surface area contributed by atoms with Crippen LogP contribution in [-0.4, -0.2) is 37.4 Å². The van der Waals surface area contributed by atoms with Crippen LogP contribution in [0.2, 0.25) is 0 Å². The van der Waals surface area contributed by atoms with Crippen molar-refractivity contribution in [2.45, 2.75) is 45.1 Å². The number of rotatable bonds is 8. The summed E-state index contributed by atoms with van der Waals surface area (Å²) in [5.41, 5.74) is 0. The van der Waals surface area contributed by atoms with Crippen molar-refractivity contribution < 1.29 is 22.4 Å². The second-order valence-electron chi connectivity index (χ2n) is 4.05. The van der Waals surface area contributed by atoms with Crippen molar-refractivity contribution in [3.05, 3.63) is 0 Å². The van der Waals surface area contributed by atoms with Crippen LogP contribution in [0, 0.1) is 0 Å². The molecule has 0 spiro atoms. The first-order valence-electron chi connectivity index (χ1n) is 5.41. The molecule has 0 bridgehead atoms. The quantitative estimate of drug-likeness (QED) is 0.514. The molecule has 7 heteroatoms. The summed E-state index contributed by atoms with van der Waals surface area (Å²) in [4.78, 5) is 11.0. The zero-order valence-corrected chi connectivity index (χ0v) is 9.90. The van der Waals surface area contributed by atoms with Crippen LogP contribution in [0.4, 0.5) is 17.6 Å². The molecule has 1 amide bonds. The average molecular weight is 258 g/mol. The Bertz CT molecular complexity index is 234. The highest BCUT2D eigenvalue weighted by Gasteiger charge is 2.40. The largest absolute Gasteiger partial charge is 0.350 e. The van der Waals surface area contributed by atoms with Crippen LogP contribution in [0.3, 0.4) is 0 Å². The monoisotopic (exact) mass is 258 g/mol. The molecule has 102 valence electrons. The van der Waals surface area contributed by atoms with Gasteiger partial charge in [0, 0.05) is 12.5 Å². The van der Waals surface area contributed by atoms with E-state index in [-0.39, 0.29) is 12.5 Å². The first kappa shape index (κ1) is 16.1. The third-order valence-electron chi connectivity index (χ3n) is 1.97. The molecule has 2 N–H and O–H groups in total. The Balaban J connectivity index is 3.67. The maximum atomic E-state index is 12.4. The van der Waals surface area contributed by atoms with E-state index >= 15 is 0 Å². The smallest absolute Gasteiger partial charge is 0.324 e. The fourth-order valence-electron chi connectivity index (χ4n) is 1.02. The minimum absolute atomic E-state index is 0.0407. The average Bonchev–Trinajstić information content (AvgIpc) is 2.21. The van der Waals surface area contributed by atoms with Crippen molar-refractivity contribution in [1.82, 2.24) is 10.6 Å². The predicted octanol–water partition coefficient (Wildman–Crippen LogP) is 1.78. The lowest BCUT2D eigenvalue weighted by atomic mass is 10.2. The summed E-state index contributed by atoms with van der Waals surface area (Å²) >= 11 is 0. The molecule has 0 fully saturated rings. The van der Waals surface area contributed by atoms with E-state index in [1.807, 2.05) is 13.8 Å². The summed E-state index contributed by atoms with van der Waals surface area (Å²) < 4.78 is 48.3. The van der Waals surface area contributed by atoms with Crippen molar-refractivity contribution in [2.75, 3.05) is 13.1 Å². The summed E-state index contributed by atoms with van der Waals surface area (Å²) in [6.07, 6.45) is -3.24. The van der Waals surface area contributed by atoms with Crippen LogP contribution in [0.25, 0.3) is 0 Å². The lowest BCUT2D eigenvalue weighted by Gasteiger charge is -2.15. The molecule has 0 heterocycles. The zero-order chi connectivity index (χ0) is 13.5. The fraction of sp³-hybridized carbons (Fsp3) is 0.900. The minimum atomic E-state index is -4.16. The number of hydrogen-bond donors (Lipinski definition) is 2. The molecule has 0 atom stereocenters. The zero-order valence-electron chi connectivity index (χ0n) is 9.90. The van der Waals surface area contributed by atoms with Gasteiger partial charge in [-0.1, -0.05) is 13.8 Å². The van der Waals surface area contributed by atoms with Crippen LogP contribution in [0.15, 0.2) is 0 Å². The Hall–Kier alpha value is -0.850. The third kappa shape index (κ3) is 7.95. The molecule has 0 rings (SSSR count). The second kappa shape index (κ2) is 7.47. The van der Waals surface area contributed by atoms with Crippen molar-refractivity contribution in [2.24, 2.45) is 0 Å². The summed E-state index contributed by atoms with van der Waals surface area (Å²) in [7, 11) is 0. The second-order valence-corrected chi connectivity index (χ2v) is 4.05. The molecule has 0 radical (unpaired) electrons. The van der Waals surface area contributed by atoms with E-state index in [4.69, 9.17) is 0 Å². The Kier molecular flexibility index (Phi) is 7.10. The summed E-state index contributed by atoms with van der Waals surface area (Å²) in [6.45, 7) is 3.13. The van der Waals surface area contributed by atoms with Gasteiger partial charge in [0.2, 0.25) is 5.91 Å². The minimum Gasteiger partial charge on any atom is -0.350 e. The highest BCUT2D eigenvalue weighted by Crippen LogP contribution is 2.21. The van der Waals surface area contributed by atoms with Gasteiger partial charge in [-0.3, -0.25) is 4.79 Å². The van der Waals surface area contributed by atoms with Gasteiger partial charge in [0.15, 0.2) is 0 Å². The lowest BCUT2D eigenvalue weighted by molar-refractivity contribution is -0.136. The van der Waals surface area contributed by atoms with E-state index in [9.17, 15) is 22.4 Å². The maximum absolute atomic E-state index is 12.4. The van der Waals surface area contributed by atoms with Gasteiger partial charge in [-0.25, -0.2) is 8.78 Å². The highest BCUT2D eigenvalue weighted by molar-refractivity contribution is 5.75. The molecule has 3 nitrogen and oxygen atoms in total. The first-order valence-corrected chi connectivity index (χ1v) is 5.41. The number of carbonyl (C=O) groups is 1. The number of halogens is 4. The predicted molar refractivity (Wildman–Crippen MR) is 56.3 cm³/mol. The Morgan fingerprint density at radius 1 is 1.29 bits per heavy atom. The molecule has 0 saturated heterocycles. The van der Waals surface area contributed by atoms with E-state index in [1.54, 1.807) is 5.32 Å². The molecular weight excluding hydrogens is 240 g/mol. The van der Waals surface area contributed by atoms with E-state index in [1.165, 1.54) is 0 Å². The topological polar surface area (TPSA) is 41.1 Å². The standard InChI is InChI=1S/C10H18F4N2O/c1-7(2)15-5-3-4-8(17)16-6-10(13,14)9(11)12/h7,9,15H,3-6H2,1-2H3,(H,16,17). The van der Waals surface area contributed by atoms with E-state index < -0.39 is 24.8 Å². The van der Waals surface area contributed by atoms with E-state index in [0.717, 1.165) is 0 Å². The van der Waals surface area contributed by atoms with Crippen LogP contribution < -0.4 is 10.6 Å². The van der Waals surface area contributed by atoms with Crippen LogP contribution in [0.1, 0.15) is 26.7 Å². The van der Waals surface area contributed by atoms with E-state index in [0.29, 0.717) is 13.0 Å². The summed E-state index contributed by atoms with van der Waals surface area (Å²) in [5.74, 6) is -4.80. The molecule has 0 aromatic carbocycles. The van der Waals surface area contributed by atoms with Crippen molar-refractivity contribution in [3.63, 3.8) is 0 Å². The Morgan fingerprint density at radius 2 is 1.88 bits per heavy atom. The third-order valence-corrected chi connectivity index (χ3v) is 1.97. The molecule has 0 saturated carbocycles. The SMILES string of the molecule is CC(C)NCCCC(=O)NCC(F)(F)C(F)F. The van der Waals surface area contributed by atoms with Gasteiger partial charge in [-0.05, 0) is 13.0 Å². The number of carbonyl (C=O) groups excluding carboxylic acids is 1. The molecule has 0 aliphatic carbocycles. The Labute approximate surface area is 97.9 Å². The maximum Gasteiger partial charge on any atom is 0.324 e. The van der Waals surface area contributed by atoms with Gasteiger partial charge in [0.05, 0.1) is 6.54 Å². The van der Waals surface area contributed by atoms with Crippen molar-refractivity contribution in [1.29, 1.82) is 0 Å². The fourth-order valence-corrected chi connectivity index (χ4v) is 1.02. The van der Waals surface area contributed by atoms with Crippen LogP contribution in [-0.2, 0) is 4.79 Å². The summed E-state index contributed by atoms with van der Waals surface area (Å²) in [6, 6.07) is 0.279. The molecule has 0 aliphatic heterocycles. The Morgan fingerprint density at radius 3 is 2.35 bits per heavy atom. The molecule has 0 aliphatic rings. The molecule has 0 unspecified atom stereocenters. The van der Waals surface area contributed by atoms with Gasteiger partial charge in [0.25, 0.3) is 0 Å². The lowest BCUT2D eigenvalue weighted by Crippen LogP contribution is -2.41. The summed E-state index contributed by atoms with van der Waals surface area (Å²) in [5, 5.41) is 4.84. The number of alkyl halides is 4. The van der Waals surface area contributed by atoms with Gasteiger partial charge >= 0.3 is 12.3 Å². The first-order chi connectivity index (χ1) is 7.75. The van der Waals surface area contributed by atoms with Crippen LogP contribution in [0.5, 0.6) is 0 Å². The van der Waals surface area contributed by atoms with Gasteiger partial charge < -0.3 is 10.6 Å². The van der Waals surface area contributed by atoms with E-state index in [2.05, 4.69) is 5.32 Å². The van der Waals surface area contributed by atoms with Crippen molar-refractivity contribution in [3.8, 4) is 0 Å². The number of nitrogens with one attached hydrogen (secondary N) is 2. The normalized spacial score (nSPS) is 12.2. The molecule has 0 aromatic heterocycles. The van der Waals surface area contributed by atoms with Gasteiger partial charge in [-0.15, -0.1) is 0 Å². The number of hydrogen-bond acceptors (Lipinski definition) is 2. The molecular formula is C10H18F4N2O. The molecule has 17 heavy (non-hydrogen) atoms. The highest BCUT2D eigenvalue weighted by atomic mass is 19.3. The van der Waals surface area contributed by atoms with Crippen molar-refractivity contribution >= 4 is 5.91 Å². The van der Waals surface area contributed by atoms with Gasteiger partial charge in [-0.2, -0.15) is 8.78 Å². The molecule has 0 aromatic rings. The van der Waals surface area contributed by atoms with Crippen LogP contribution >= 0.6 is 0 Å². The number of amides is 1.